The van der Waals surface area contributed by atoms with E-state index in [1.807, 2.05) is 14.0 Å². The van der Waals surface area contributed by atoms with Crippen molar-refractivity contribution >= 4 is 5.91 Å². The van der Waals surface area contributed by atoms with E-state index >= 15 is 0 Å². The quantitative estimate of drug-likeness (QED) is 0.861. The van der Waals surface area contributed by atoms with Crippen molar-refractivity contribution in [2.75, 3.05) is 6.61 Å². The molecule has 0 saturated heterocycles. The number of amides is 1. The van der Waals surface area contributed by atoms with Crippen LogP contribution in [0.15, 0.2) is 6.20 Å². The molecule has 5 heteroatoms. The van der Waals surface area contributed by atoms with Gasteiger partial charge in [0.05, 0.1) is 11.3 Å². The van der Waals surface area contributed by atoms with Crippen LogP contribution in [0, 0.1) is 5.92 Å². The van der Waals surface area contributed by atoms with E-state index in [0.717, 1.165) is 37.8 Å². The highest BCUT2D eigenvalue weighted by Crippen LogP contribution is 2.24. The van der Waals surface area contributed by atoms with E-state index in [9.17, 15) is 4.79 Å². The fourth-order valence-electron chi connectivity index (χ4n) is 2.74. The maximum atomic E-state index is 12.2. The summed E-state index contributed by atoms with van der Waals surface area (Å²) in [6.07, 6.45) is 6.45. The van der Waals surface area contributed by atoms with Crippen LogP contribution in [0.5, 0.6) is 0 Å². The number of rotatable bonds is 4. The van der Waals surface area contributed by atoms with Gasteiger partial charge in [-0.1, -0.05) is 6.92 Å². The van der Waals surface area contributed by atoms with Crippen molar-refractivity contribution in [3.05, 3.63) is 17.5 Å². The molecule has 0 unspecified atom stereocenters. The molecule has 1 heterocycles. The van der Waals surface area contributed by atoms with Crippen molar-refractivity contribution < 1.29 is 9.90 Å². The Morgan fingerprint density at radius 1 is 1.47 bits per heavy atom. The highest BCUT2D eigenvalue weighted by Gasteiger charge is 2.23. The van der Waals surface area contributed by atoms with Gasteiger partial charge in [0.25, 0.3) is 5.91 Å². The van der Waals surface area contributed by atoms with Crippen LogP contribution in [-0.2, 0) is 13.5 Å². The largest absolute Gasteiger partial charge is 0.396 e. The molecule has 0 spiro atoms. The SMILES string of the molecule is CCc1nn(C)cc1C(=O)NC1CCC(CO)CC1. The van der Waals surface area contributed by atoms with Crippen molar-refractivity contribution in [1.29, 1.82) is 0 Å². The molecule has 1 saturated carbocycles. The number of nitrogens with zero attached hydrogens (tertiary/aromatic N) is 2. The molecule has 1 aromatic heterocycles. The molecule has 1 amide bonds. The lowest BCUT2D eigenvalue weighted by molar-refractivity contribution is 0.0913. The minimum Gasteiger partial charge on any atom is -0.396 e. The highest BCUT2D eigenvalue weighted by atomic mass is 16.3. The summed E-state index contributed by atoms with van der Waals surface area (Å²) in [5, 5.41) is 16.5. The highest BCUT2D eigenvalue weighted by molar-refractivity contribution is 5.95. The first-order valence-corrected chi connectivity index (χ1v) is 7.08. The fraction of sp³-hybridized carbons (Fsp3) is 0.714. The lowest BCUT2D eigenvalue weighted by Gasteiger charge is -2.27. The summed E-state index contributed by atoms with van der Waals surface area (Å²) in [7, 11) is 1.84. The molecule has 0 bridgehead atoms. The van der Waals surface area contributed by atoms with Crippen LogP contribution >= 0.6 is 0 Å². The van der Waals surface area contributed by atoms with Crippen molar-refractivity contribution in [2.45, 2.75) is 45.1 Å². The van der Waals surface area contributed by atoms with Gasteiger partial charge in [0, 0.05) is 25.9 Å². The standard InChI is InChI=1S/C14H23N3O2/c1-3-13-12(8-17(2)16-13)14(19)15-11-6-4-10(9-18)5-7-11/h8,10-11,18H,3-7,9H2,1-2H3,(H,15,19). The van der Waals surface area contributed by atoms with Crippen LogP contribution in [0.3, 0.4) is 0 Å². The lowest BCUT2D eigenvalue weighted by Crippen LogP contribution is -2.38. The maximum Gasteiger partial charge on any atom is 0.254 e. The average molecular weight is 265 g/mol. The fourth-order valence-corrected chi connectivity index (χ4v) is 2.74. The Kier molecular flexibility index (Phi) is 4.58. The molecule has 19 heavy (non-hydrogen) atoms. The van der Waals surface area contributed by atoms with Gasteiger partial charge >= 0.3 is 0 Å². The van der Waals surface area contributed by atoms with Gasteiger partial charge in [-0.2, -0.15) is 5.10 Å². The molecule has 0 aromatic carbocycles. The van der Waals surface area contributed by atoms with Gasteiger partial charge in [-0.3, -0.25) is 9.48 Å². The summed E-state index contributed by atoms with van der Waals surface area (Å²) >= 11 is 0. The van der Waals surface area contributed by atoms with Crippen LogP contribution in [0.2, 0.25) is 0 Å². The van der Waals surface area contributed by atoms with E-state index < -0.39 is 0 Å². The third-order valence-corrected chi connectivity index (χ3v) is 3.92. The number of aliphatic hydroxyl groups excluding tert-OH is 1. The Balaban J connectivity index is 1.94. The number of hydrogen-bond donors (Lipinski definition) is 2. The van der Waals surface area contributed by atoms with E-state index in [2.05, 4.69) is 10.4 Å². The third kappa shape index (κ3) is 3.35. The van der Waals surface area contributed by atoms with Gasteiger partial charge in [-0.15, -0.1) is 0 Å². The Bertz CT molecular complexity index is 434. The second kappa shape index (κ2) is 6.19. The van der Waals surface area contributed by atoms with Gasteiger partial charge in [0.2, 0.25) is 0 Å². The lowest BCUT2D eigenvalue weighted by atomic mass is 9.86. The number of aliphatic hydroxyl groups is 1. The summed E-state index contributed by atoms with van der Waals surface area (Å²) in [5.74, 6) is 0.398. The molecule has 1 aliphatic carbocycles. The summed E-state index contributed by atoms with van der Waals surface area (Å²) in [6.45, 7) is 2.27. The molecule has 0 aliphatic heterocycles. The zero-order valence-electron chi connectivity index (χ0n) is 11.7. The molecule has 1 aromatic rings. The number of aryl methyl sites for hydroxylation is 2. The molecule has 2 N–H and O–H groups in total. The zero-order chi connectivity index (χ0) is 13.8. The van der Waals surface area contributed by atoms with Crippen molar-refractivity contribution in [3.63, 3.8) is 0 Å². The maximum absolute atomic E-state index is 12.2. The summed E-state index contributed by atoms with van der Waals surface area (Å²) in [5.41, 5.74) is 1.54. The van der Waals surface area contributed by atoms with Crippen LogP contribution in [0.4, 0.5) is 0 Å². The first kappa shape index (κ1) is 14.1. The predicted octanol–water partition coefficient (Wildman–Crippen LogP) is 1.26. The second-order valence-electron chi connectivity index (χ2n) is 5.39. The molecule has 0 radical (unpaired) electrons. The van der Waals surface area contributed by atoms with E-state index in [-0.39, 0.29) is 18.6 Å². The molecule has 0 atom stereocenters. The van der Waals surface area contributed by atoms with E-state index in [0.29, 0.717) is 11.5 Å². The van der Waals surface area contributed by atoms with Crippen LogP contribution < -0.4 is 5.32 Å². The Morgan fingerprint density at radius 2 is 2.16 bits per heavy atom. The topological polar surface area (TPSA) is 67.2 Å². The van der Waals surface area contributed by atoms with Gasteiger partial charge in [0.1, 0.15) is 0 Å². The Morgan fingerprint density at radius 3 is 2.74 bits per heavy atom. The molecular formula is C14H23N3O2. The van der Waals surface area contributed by atoms with E-state index in [4.69, 9.17) is 5.11 Å². The summed E-state index contributed by atoms with van der Waals surface area (Å²) in [6, 6.07) is 0.236. The summed E-state index contributed by atoms with van der Waals surface area (Å²) in [4.78, 5) is 12.2. The smallest absolute Gasteiger partial charge is 0.254 e. The van der Waals surface area contributed by atoms with E-state index in [1.54, 1.807) is 10.9 Å². The van der Waals surface area contributed by atoms with Crippen molar-refractivity contribution in [3.8, 4) is 0 Å². The number of aromatic nitrogens is 2. The van der Waals surface area contributed by atoms with Crippen LogP contribution in [-0.4, -0.2) is 33.4 Å². The minimum atomic E-state index is -0.0163. The number of carbonyl (C=O) groups is 1. The average Bonchev–Trinajstić information content (AvgIpc) is 2.81. The second-order valence-corrected chi connectivity index (χ2v) is 5.39. The van der Waals surface area contributed by atoms with Gasteiger partial charge < -0.3 is 10.4 Å². The summed E-state index contributed by atoms with van der Waals surface area (Å²) < 4.78 is 1.69. The molecule has 1 fully saturated rings. The van der Waals surface area contributed by atoms with Gasteiger partial charge in [-0.05, 0) is 38.0 Å². The molecule has 1 aliphatic rings. The predicted molar refractivity (Wildman–Crippen MR) is 72.9 cm³/mol. The molecule has 2 rings (SSSR count). The number of hydrogen-bond acceptors (Lipinski definition) is 3. The van der Waals surface area contributed by atoms with Gasteiger partial charge in [0.15, 0.2) is 0 Å². The third-order valence-electron chi connectivity index (χ3n) is 3.92. The normalized spacial score (nSPS) is 23.3. The minimum absolute atomic E-state index is 0.0163. The van der Waals surface area contributed by atoms with Gasteiger partial charge in [-0.25, -0.2) is 0 Å². The first-order chi connectivity index (χ1) is 9.13. The molecule has 106 valence electrons. The first-order valence-electron chi connectivity index (χ1n) is 7.08. The Hall–Kier alpha value is -1.36. The van der Waals surface area contributed by atoms with Crippen molar-refractivity contribution in [2.24, 2.45) is 13.0 Å². The van der Waals surface area contributed by atoms with E-state index in [1.165, 1.54) is 0 Å². The zero-order valence-corrected chi connectivity index (χ0v) is 11.7. The van der Waals surface area contributed by atoms with Crippen molar-refractivity contribution in [1.82, 2.24) is 15.1 Å². The number of carbonyl (C=O) groups excluding carboxylic acids is 1. The Labute approximate surface area is 114 Å². The van der Waals surface area contributed by atoms with Crippen LogP contribution in [0.1, 0.15) is 48.7 Å². The number of nitrogens with one attached hydrogen (secondary N) is 1. The monoisotopic (exact) mass is 265 g/mol. The molecule has 5 nitrogen and oxygen atoms in total. The molecular weight excluding hydrogens is 242 g/mol. The van der Waals surface area contributed by atoms with Crippen LogP contribution in [0.25, 0.3) is 0 Å².